The highest BCUT2D eigenvalue weighted by molar-refractivity contribution is 5.97. The zero-order valence-electron chi connectivity index (χ0n) is 14.8. The molecule has 0 unspecified atom stereocenters. The normalized spacial score (nSPS) is 12.5. The van der Waals surface area contributed by atoms with Gasteiger partial charge in [0.25, 0.3) is 0 Å². The fourth-order valence-corrected chi connectivity index (χ4v) is 3.04. The van der Waals surface area contributed by atoms with Gasteiger partial charge in [0.05, 0.1) is 6.54 Å². The maximum Gasteiger partial charge on any atom is 0.243 e. The maximum atomic E-state index is 12.2. The summed E-state index contributed by atoms with van der Waals surface area (Å²) in [4.78, 5) is 36.9. The molecular formula is C20H21N3O3. The van der Waals surface area contributed by atoms with Crippen LogP contribution in [-0.2, 0) is 16.0 Å². The molecule has 2 aromatic carbocycles. The average Bonchev–Trinajstić information content (AvgIpc) is 3.03. The molecule has 0 bridgehead atoms. The van der Waals surface area contributed by atoms with E-state index in [2.05, 4.69) is 10.6 Å². The summed E-state index contributed by atoms with van der Waals surface area (Å²) in [6.07, 6.45) is 0.786. The molecule has 6 heteroatoms. The number of carbonyl (C=O) groups excluding carboxylic acids is 3. The van der Waals surface area contributed by atoms with Gasteiger partial charge in [-0.15, -0.1) is 0 Å². The van der Waals surface area contributed by atoms with Crippen molar-refractivity contribution in [2.75, 3.05) is 28.6 Å². The fraction of sp³-hybridized carbons (Fsp3) is 0.250. The largest absolute Gasteiger partial charge is 0.376 e. The Morgan fingerprint density at radius 3 is 2.58 bits per heavy atom. The highest BCUT2D eigenvalue weighted by Crippen LogP contribution is 2.30. The number of hydrogen-bond donors (Lipinski definition) is 2. The van der Waals surface area contributed by atoms with Crippen molar-refractivity contribution >= 4 is 34.7 Å². The van der Waals surface area contributed by atoms with E-state index >= 15 is 0 Å². The molecule has 0 aliphatic carbocycles. The van der Waals surface area contributed by atoms with Crippen molar-refractivity contribution in [2.24, 2.45) is 0 Å². The van der Waals surface area contributed by atoms with E-state index in [-0.39, 0.29) is 24.1 Å². The second-order valence-electron chi connectivity index (χ2n) is 6.30. The number of hydrogen-bond acceptors (Lipinski definition) is 4. The Kier molecular flexibility index (Phi) is 5.02. The quantitative estimate of drug-likeness (QED) is 0.812. The van der Waals surface area contributed by atoms with Gasteiger partial charge in [-0.1, -0.05) is 12.1 Å². The molecule has 0 saturated carbocycles. The first-order valence-electron chi connectivity index (χ1n) is 8.50. The predicted octanol–water partition coefficient (Wildman–Crippen LogP) is 2.85. The summed E-state index contributed by atoms with van der Waals surface area (Å²) in [7, 11) is 0. The molecule has 2 aromatic rings. The molecule has 0 atom stereocenters. The Balaban J connectivity index is 1.60. The number of ketones is 1. The molecule has 0 radical (unpaired) electrons. The number of anilines is 3. The first-order valence-corrected chi connectivity index (χ1v) is 8.50. The average molecular weight is 351 g/mol. The van der Waals surface area contributed by atoms with Crippen LogP contribution < -0.4 is 15.5 Å². The van der Waals surface area contributed by atoms with Crippen LogP contribution in [0.1, 0.15) is 29.8 Å². The topological polar surface area (TPSA) is 78.5 Å². The van der Waals surface area contributed by atoms with Crippen molar-refractivity contribution in [1.29, 1.82) is 0 Å². The summed E-state index contributed by atoms with van der Waals surface area (Å²) in [5.74, 6) is -0.173. The van der Waals surface area contributed by atoms with Gasteiger partial charge in [0, 0.05) is 36.1 Å². The van der Waals surface area contributed by atoms with Gasteiger partial charge in [-0.3, -0.25) is 14.4 Å². The van der Waals surface area contributed by atoms with E-state index in [0.717, 1.165) is 23.4 Å². The lowest BCUT2D eigenvalue weighted by Crippen LogP contribution is -2.25. The van der Waals surface area contributed by atoms with Gasteiger partial charge >= 0.3 is 0 Å². The molecule has 1 aliphatic heterocycles. The molecular weight excluding hydrogens is 330 g/mol. The smallest absolute Gasteiger partial charge is 0.243 e. The number of Topliss-reactive ketones (excluding diaryl/α,β-unsaturated/α-hetero) is 1. The van der Waals surface area contributed by atoms with Gasteiger partial charge < -0.3 is 15.5 Å². The van der Waals surface area contributed by atoms with Gasteiger partial charge in [-0.05, 0) is 49.2 Å². The van der Waals surface area contributed by atoms with Crippen molar-refractivity contribution in [3.8, 4) is 0 Å². The van der Waals surface area contributed by atoms with Gasteiger partial charge in [-0.2, -0.15) is 0 Å². The zero-order valence-corrected chi connectivity index (χ0v) is 14.8. The standard InChI is InChI=1S/C20H21N3O3/c1-13(24)15-4-3-5-17(10-15)21-12-20(26)22-18-6-7-19-16(11-18)8-9-23(19)14(2)25/h3-7,10-11,21H,8-9,12H2,1-2H3,(H,22,26). The maximum absolute atomic E-state index is 12.2. The minimum atomic E-state index is -0.181. The van der Waals surface area contributed by atoms with Crippen molar-refractivity contribution < 1.29 is 14.4 Å². The second-order valence-corrected chi connectivity index (χ2v) is 6.30. The lowest BCUT2D eigenvalue weighted by Gasteiger charge is -2.15. The van der Waals surface area contributed by atoms with Crippen LogP contribution in [0.3, 0.4) is 0 Å². The lowest BCUT2D eigenvalue weighted by molar-refractivity contribution is -0.116. The van der Waals surface area contributed by atoms with E-state index in [1.54, 1.807) is 36.1 Å². The first kappa shape index (κ1) is 17.7. The highest BCUT2D eigenvalue weighted by Gasteiger charge is 2.22. The van der Waals surface area contributed by atoms with E-state index in [1.165, 1.54) is 6.92 Å². The van der Waals surface area contributed by atoms with Gasteiger partial charge in [0.1, 0.15) is 0 Å². The number of fused-ring (bicyclic) bond motifs is 1. The summed E-state index contributed by atoms with van der Waals surface area (Å²) in [6, 6.07) is 12.6. The molecule has 0 saturated heterocycles. The molecule has 6 nitrogen and oxygen atoms in total. The van der Waals surface area contributed by atoms with Crippen molar-refractivity contribution in [3.05, 3.63) is 53.6 Å². The molecule has 0 aromatic heterocycles. The lowest BCUT2D eigenvalue weighted by atomic mass is 10.1. The first-order chi connectivity index (χ1) is 12.4. The third-order valence-corrected chi connectivity index (χ3v) is 4.36. The molecule has 0 fully saturated rings. The van der Waals surface area contributed by atoms with Crippen molar-refractivity contribution in [2.45, 2.75) is 20.3 Å². The number of amides is 2. The zero-order chi connectivity index (χ0) is 18.7. The van der Waals surface area contributed by atoms with E-state index in [9.17, 15) is 14.4 Å². The van der Waals surface area contributed by atoms with E-state index in [0.29, 0.717) is 17.8 Å². The minimum absolute atomic E-state index is 0.0177. The number of nitrogens with zero attached hydrogens (tertiary/aromatic N) is 1. The fourth-order valence-electron chi connectivity index (χ4n) is 3.04. The number of nitrogens with one attached hydrogen (secondary N) is 2. The van der Waals surface area contributed by atoms with Crippen LogP contribution in [0.15, 0.2) is 42.5 Å². The van der Waals surface area contributed by atoms with E-state index < -0.39 is 0 Å². The third-order valence-electron chi connectivity index (χ3n) is 4.36. The monoisotopic (exact) mass is 351 g/mol. The summed E-state index contributed by atoms with van der Waals surface area (Å²) in [6.45, 7) is 3.83. The van der Waals surface area contributed by atoms with E-state index in [1.807, 2.05) is 18.2 Å². The van der Waals surface area contributed by atoms with Crippen LogP contribution in [0.4, 0.5) is 17.1 Å². The molecule has 2 amide bonds. The summed E-state index contributed by atoms with van der Waals surface area (Å²) >= 11 is 0. The molecule has 134 valence electrons. The van der Waals surface area contributed by atoms with E-state index in [4.69, 9.17) is 0 Å². The Hall–Kier alpha value is -3.15. The summed E-state index contributed by atoms with van der Waals surface area (Å²) in [5, 5.41) is 5.87. The predicted molar refractivity (Wildman–Crippen MR) is 102 cm³/mol. The van der Waals surface area contributed by atoms with Gasteiger partial charge in [-0.25, -0.2) is 0 Å². The van der Waals surface area contributed by atoms with Gasteiger partial charge in [0.2, 0.25) is 11.8 Å². The van der Waals surface area contributed by atoms with Crippen LogP contribution >= 0.6 is 0 Å². The molecule has 0 spiro atoms. The second kappa shape index (κ2) is 7.39. The molecule has 3 rings (SSSR count). The summed E-state index contributed by atoms with van der Waals surface area (Å²) in [5.41, 5.74) is 4.00. The van der Waals surface area contributed by atoms with Crippen LogP contribution in [0.2, 0.25) is 0 Å². The minimum Gasteiger partial charge on any atom is -0.376 e. The highest BCUT2D eigenvalue weighted by atomic mass is 16.2. The van der Waals surface area contributed by atoms with Crippen LogP contribution in [0.25, 0.3) is 0 Å². The number of rotatable bonds is 5. The Bertz CT molecular complexity index is 876. The number of carbonyl (C=O) groups is 3. The number of benzene rings is 2. The summed E-state index contributed by atoms with van der Waals surface area (Å²) < 4.78 is 0. The van der Waals surface area contributed by atoms with Crippen molar-refractivity contribution in [3.63, 3.8) is 0 Å². The molecule has 1 aliphatic rings. The molecule has 1 heterocycles. The van der Waals surface area contributed by atoms with Gasteiger partial charge in [0.15, 0.2) is 5.78 Å². The Morgan fingerprint density at radius 2 is 1.85 bits per heavy atom. The Labute approximate surface area is 152 Å². The van der Waals surface area contributed by atoms with Crippen LogP contribution in [0.5, 0.6) is 0 Å². The Morgan fingerprint density at radius 1 is 1.04 bits per heavy atom. The van der Waals surface area contributed by atoms with Crippen LogP contribution in [-0.4, -0.2) is 30.7 Å². The molecule has 26 heavy (non-hydrogen) atoms. The SMILES string of the molecule is CC(=O)c1cccc(NCC(=O)Nc2ccc3c(c2)CCN3C(C)=O)c1. The molecule has 2 N–H and O–H groups in total. The third kappa shape index (κ3) is 3.91. The van der Waals surface area contributed by atoms with Crippen LogP contribution in [0, 0.1) is 0 Å². The van der Waals surface area contributed by atoms with Crippen molar-refractivity contribution in [1.82, 2.24) is 0 Å².